The molecule has 6 saturated heterocycles. The molecule has 0 amide bonds. The normalized spacial score (nSPS) is 52.7. The standard InChI is InChI=1S/C61H100O32/c1-5-6-7-8-10-25(67)47-50(90-54-45(80)40(75)48(30(22-66)86-54)88-52-42(77)37(72)33(68)26(18-62)82-52)41(76)46(81)55(87-47)91-51-49(89-53-43(78)38(73)34(69)27(19-63)83-53)36(71)29(21-65)85-57(51)93-61-16-12-32-58(3)13-9-14-59(4,31(58)11-15-60(32,23-61)17-24(61)2)92-56-44(79)39(74)35(70)28(20-64)84-56/h26-57,62-66,68-81H,2,5-23H2,1,3-4H3/t26?,27?,28?,29?,30?,31-,32-,33?,34?,35?,36?,37?,38?,39?,40?,41?,42?,43?,44?,45?,46?,47?,48?,49?,50?,51?,52?,53?,54?,55?,56?,57?,58+,59?,60+,61-/m0/s1. The van der Waals surface area contributed by atoms with Crippen LogP contribution in [0.15, 0.2) is 12.2 Å². The van der Waals surface area contributed by atoms with E-state index in [0.29, 0.717) is 63.4 Å². The van der Waals surface area contributed by atoms with E-state index in [9.17, 15) is 102 Å². The third-order valence-electron chi connectivity index (χ3n) is 22.3. The monoisotopic (exact) mass is 1340 g/mol. The van der Waals surface area contributed by atoms with E-state index in [1.54, 1.807) is 0 Å². The highest BCUT2D eigenvalue weighted by molar-refractivity contribution is 5.84. The maximum Gasteiger partial charge on any atom is 0.188 e. The van der Waals surface area contributed by atoms with Gasteiger partial charge in [-0.1, -0.05) is 46.1 Å². The second kappa shape index (κ2) is 29.8. The zero-order valence-corrected chi connectivity index (χ0v) is 52.4. The number of Topliss-reactive ketones (excluding diaryl/α,β-unsaturated/α-hetero) is 1. The van der Waals surface area contributed by atoms with Crippen molar-refractivity contribution in [3.63, 3.8) is 0 Å². The van der Waals surface area contributed by atoms with E-state index in [2.05, 4.69) is 13.5 Å². The summed E-state index contributed by atoms with van der Waals surface area (Å²) in [5, 5.41) is 208. The van der Waals surface area contributed by atoms with Gasteiger partial charge in [-0.25, -0.2) is 0 Å². The van der Waals surface area contributed by atoms with Gasteiger partial charge in [-0.3, -0.25) is 4.79 Å². The van der Waals surface area contributed by atoms with Crippen LogP contribution in [0.1, 0.15) is 111 Å². The Kier molecular flexibility index (Phi) is 23.7. The number of aliphatic hydroxyl groups is 19. The highest BCUT2D eigenvalue weighted by atomic mass is 16.8. The Morgan fingerprint density at radius 2 is 0.903 bits per heavy atom. The average Bonchev–Trinajstić information content (AvgIpc) is 1.20. The number of rotatable bonds is 23. The molecule has 10 rings (SSSR count). The minimum Gasteiger partial charge on any atom is -0.394 e. The highest BCUT2D eigenvalue weighted by Gasteiger charge is 2.70. The Labute approximate surface area is 537 Å². The van der Waals surface area contributed by atoms with Gasteiger partial charge in [0, 0.05) is 6.42 Å². The van der Waals surface area contributed by atoms with Gasteiger partial charge in [-0.2, -0.15) is 0 Å². The second-order valence-electron chi connectivity index (χ2n) is 28.0. The highest BCUT2D eigenvalue weighted by Crippen LogP contribution is 2.73. The molecule has 536 valence electrons. The fourth-order valence-electron chi connectivity index (χ4n) is 17.2. The quantitative estimate of drug-likeness (QED) is 0.0257. The molecule has 0 aromatic heterocycles. The summed E-state index contributed by atoms with van der Waals surface area (Å²) in [6.07, 6.45) is -48.3. The number of carbonyl (C=O) groups is 1. The third-order valence-corrected chi connectivity index (χ3v) is 22.3. The van der Waals surface area contributed by atoms with E-state index in [1.807, 2.05) is 13.8 Å². The average molecular weight is 1350 g/mol. The molecule has 2 bridgehead atoms. The lowest BCUT2D eigenvalue weighted by Gasteiger charge is -2.65. The largest absolute Gasteiger partial charge is 0.394 e. The first-order valence-corrected chi connectivity index (χ1v) is 32.8. The molecule has 6 aliphatic heterocycles. The van der Waals surface area contributed by atoms with Crippen LogP contribution in [0.2, 0.25) is 0 Å². The predicted octanol–water partition coefficient (Wildman–Crippen LogP) is -6.69. The third kappa shape index (κ3) is 13.8. The zero-order valence-electron chi connectivity index (χ0n) is 52.4. The molecule has 31 unspecified atom stereocenters. The lowest BCUT2D eigenvalue weighted by molar-refractivity contribution is -0.404. The second-order valence-corrected chi connectivity index (χ2v) is 28.0. The molecule has 10 fully saturated rings. The van der Waals surface area contributed by atoms with Crippen molar-refractivity contribution >= 4 is 5.78 Å². The maximum absolute atomic E-state index is 14.6. The van der Waals surface area contributed by atoms with Crippen LogP contribution in [-0.4, -0.2) is 331 Å². The molecule has 93 heavy (non-hydrogen) atoms. The van der Waals surface area contributed by atoms with E-state index in [-0.39, 0.29) is 24.7 Å². The molecule has 32 nitrogen and oxygen atoms in total. The summed E-state index contributed by atoms with van der Waals surface area (Å²) < 4.78 is 74.2. The van der Waals surface area contributed by atoms with Crippen LogP contribution in [0.5, 0.6) is 0 Å². The van der Waals surface area contributed by atoms with Crippen LogP contribution < -0.4 is 0 Å². The van der Waals surface area contributed by atoms with Gasteiger partial charge in [0.25, 0.3) is 0 Å². The number of carbonyl (C=O) groups excluding carboxylic acids is 1. The van der Waals surface area contributed by atoms with Crippen LogP contribution in [0.3, 0.4) is 0 Å². The molecule has 0 aromatic carbocycles. The molecular formula is C61H100O32. The first-order valence-electron chi connectivity index (χ1n) is 32.8. The Balaban J connectivity index is 0.933. The van der Waals surface area contributed by atoms with Gasteiger partial charge < -0.3 is 154 Å². The van der Waals surface area contributed by atoms with Crippen molar-refractivity contribution in [1.29, 1.82) is 0 Å². The summed E-state index contributed by atoms with van der Waals surface area (Å²) in [6.45, 7) is 6.45. The molecular weight excluding hydrogens is 1240 g/mol. The molecule has 0 radical (unpaired) electrons. The number of ether oxygens (including phenoxy) is 12. The van der Waals surface area contributed by atoms with Crippen molar-refractivity contribution in [3.8, 4) is 0 Å². The van der Waals surface area contributed by atoms with Crippen molar-refractivity contribution < 1.29 is 159 Å². The fourth-order valence-corrected chi connectivity index (χ4v) is 17.2. The fraction of sp³-hybridized carbons (Fsp3) is 0.951. The van der Waals surface area contributed by atoms with Crippen molar-refractivity contribution in [1.82, 2.24) is 0 Å². The first-order chi connectivity index (χ1) is 44.1. The van der Waals surface area contributed by atoms with Crippen LogP contribution in [0.25, 0.3) is 0 Å². The maximum atomic E-state index is 14.6. The Hall–Kier alpha value is -1.83. The molecule has 32 heteroatoms. The summed E-state index contributed by atoms with van der Waals surface area (Å²) in [4.78, 5) is 14.6. The molecule has 19 N–H and O–H groups in total. The van der Waals surface area contributed by atoms with E-state index in [0.717, 1.165) is 19.3 Å². The molecule has 0 aromatic rings. The first kappa shape index (κ1) is 73.9. The number of ketones is 1. The predicted molar refractivity (Wildman–Crippen MR) is 306 cm³/mol. The Morgan fingerprint density at radius 1 is 0.452 bits per heavy atom. The van der Waals surface area contributed by atoms with Gasteiger partial charge in [-0.15, -0.1) is 0 Å². The topological polar surface area (TPSA) is 512 Å². The van der Waals surface area contributed by atoms with E-state index >= 15 is 0 Å². The minimum atomic E-state index is -2.28. The lowest BCUT2D eigenvalue weighted by Crippen LogP contribution is -2.69. The van der Waals surface area contributed by atoms with Crippen molar-refractivity contribution in [2.45, 2.75) is 306 Å². The van der Waals surface area contributed by atoms with Crippen LogP contribution >= 0.6 is 0 Å². The summed E-state index contributed by atoms with van der Waals surface area (Å²) >= 11 is 0. The number of hydrogen-bond donors (Lipinski definition) is 19. The summed E-state index contributed by atoms with van der Waals surface area (Å²) in [7, 11) is 0. The molecule has 1 spiro atoms. The van der Waals surface area contributed by atoms with Crippen molar-refractivity contribution in [2.24, 2.45) is 22.7 Å². The molecule has 10 aliphatic rings. The minimum absolute atomic E-state index is 0.00873. The van der Waals surface area contributed by atoms with Crippen LogP contribution in [0.4, 0.5) is 0 Å². The number of hydrogen-bond acceptors (Lipinski definition) is 32. The Bertz CT molecular complexity index is 2470. The molecule has 36 atom stereocenters. The zero-order chi connectivity index (χ0) is 67.6. The molecule has 4 saturated carbocycles. The van der Waals surface area contributed by atoms with Crippen molar-refractivity contribution in [3.05, 3.63) is 12.2 Å². The summed E-state index contributed by atoms with van der Waals surface area (Å²) in [5.74, 6) is -0.847. The molecule has 6 heterocycles. The number of fused-ring (bicyclic) bond motifs is 3. The van der Waals surface area contributed by atoms with Crippen LogP contribution in [0, 0.1) is 22.7 Å². The number of unbranched alkanes of at least 4 members (excludes halogenated alkanes) is 3. The number of aliphatic hydroxyl groups excluding tert-OH is 19. The van der Waals surface area contributed by atoms with E-state index in [1.165, 1.54) is 0 Å². The summed E-state index contributed by atoms with van der Waals surface area (Å²) in [6, 6.07) is 0. The van der Waals surface area contributed by atoms with Crippen LogP contribution in [-0.2, 0) is 61.6 Å². The SMILES string of the molecule is C=C1C[C@@]23CC[C@@H]4C(C)(OC5OC(CO)C(O)C(O)C5O)CCC[C@@]4(C)[C@@H]2CC[C@]1(OC1OC(CO)C(O)C(OC2OC(CO)C(O)C(O)C2O)C1OC1OC(C(=O)CCCCCC)C(OC2OC(CO)C(OC4OC(CO)C(O)C(O)C4O)C(O)C2O)C(O)C1O)C3. The van der Waals surface area contributed by atoms with E-state index in [4.69, 9.17) is 56.8 Å². The smallest absolute Gasteiger partial charge is 0.188 e. The Morgan fingerprint density at radius 3 is 1.46 bits per heavy atom. The van der Waals surface area contributed by atoms with E-state index < -0.39 is 245 Å². The van der Waals surface area contributed by atoms with Gasteiger partial charge in [0.1, 0.15) is 146 Å². The van der Waals surface area contributed by atoms with Gasteiger partial charge in [0.15, 0.2) is 43.5 Å². The van der Waals surface area contributed by atoms with Crippen molar-refractivity contribution in [2.75, 3.05) is 33.0 Å². The lowest BCUT2D eigenvalue weighted by atomic mass is 9.42. The van der Waals surface area contributed by atoms with Gasteiger partial charge in [0.2, 0.25) is 0 Å². The van der Waals surface area contributed by atoms with Gasteiger partial charge in [0.05, 0.1) is 44.2 Å². The van der Waals surface area contributed by atoms with Gasteiger partial charge >= 0.3 is 0 Å². The summed E-state index contributed by atoms with van der Waals surface area (Å²) in [5.41, 5.74) is -2.39. The van der Waals surface area contributed by atoms with Gasteiger partial charge in [-0.05, 0) is 93.0 Å². The molecule has 4 aliphatic carbocycles.